The Bertz CT molecular complexity index is 389. The molecule has 1 rings (SSSR count). The van der Waals surface area contributed by atoms with Crippen LogP contribution in [0.25, 0.3) is 0 Å². The van der Waals surface area contributed by atoms with E-state index in [2.05, 4.69) is 15.6 Å². The van der Waals surface area contributed by atoms with Crippen molar-refractivity contribution in [3.63, 3.8) is 0 Å². The molecule has 0 aliphatic carbocycles. The highest BCUT2D eigenvalue weighted by Crippen LogP contribution is 2.13. The minimum Gasteiger partial charge on any atom is -0.385 e. The van der Waals surface area contributed by atoms with E-state index in [9.17, 15) is 4.79 Å². The van der Waals surface area contributed by atoms with Gasteiger partial charge in [-0.2, -0.15) is 0 Å². The third-order valence-electron chi connectivity index (χ3n) is 3.23. The number of hydrogen-bond donors (Lipinski definition) is 2. The summed E-state index contributed by atoms with van der Waals surface area (Å²) in [4.78, 5) is 16.2. The van der Waals surface area contributed by atoms with Crippen molar-refractivity contribution in [2.75, 3.05) is 30.9 Å². The molecule has 0 aliphatic heterocycles. The lowest BCUT2D eigenvalue weighted by Gasteiger charge is -2.12. The Morgan fingerprint density at radius 3 is 2.65 bits per heavy atom. The molecule has 1 aromatic rings. The molecule has 0 saturated heterocycles. The number of hydrogen-bond acceptors (Lipinski definition) is 4. The molecule has 20 heavy (non-hydrogen) atoms. The van der Waals surface area contributed by atoms with Gasteiger partial charge in [-0.3, -0.25) is 4.79 Å². The molecule has 0 aromatic carbocycles. The minimum atomic E-state index is 0.0447. The SMILES string of the molecule is CCC(CC)C(=O)Nc1ccc(NCCCOC)cn1. The third-order valence-corrected chi connectivity index (χ3v) is 3.23. The molecule has 5 nitrogen and oxygen atoms in total. The summed E-state index contributed by atoms with van der Waals surface area (Å²) < 4.78 is 4.98. The molecule has 1 aromatic heterocycles. The number of aromatic nitrogens is 1. The lowest BCUT2D eigenvalue weighted by Crippen LogP contribution is -2.22. The first-order valence-electron chi connectivity index (χ1n) is 7.21. The van der Waals surface area contributed by atoms with Gasteiger partial charge in [0.15, 0.2) is 0 Å². The number of ether oxygens (including phenoxy) is 1. The van der Waals surface area contributed by atoms with Gasteiger partial charge in [0.05, 0.1) is 11.9 Å². The second kappa shape index (κ2) is 9.31. The Balaban J connectivity index is 2.44. The first-order valence-corrected chi connectivity index (χ1v) is 7.21. The number of anilines is 2. The smallest absolute Gasteiger partial charge is 0.228 e. The van der Waals surface area contributed by atoms with Crippen LogP contribution in [0.1, 0.15) is 33.1 Å². The highest BCUT2D eigenvalue weighted by atomic mass is 16.5. The Morgan fingerprint density at radius 1 is 1.35 bits per heavy atom. The summed E-state index contributed by atoms with van der Waals surface area (Å²) in [5.74, 6) is 0.705. The maximum atomic E-state index is 11.9. The standard InChI is InChI=1S/C15H25N3O2/c1-4-12(5-2)15(19)18-14-8-7-13(11-17-14)16-9-6-10-20-3/h7-8,11-12,16H,4-6,9-10H2,1-3H3,(H,17,18,19). The number of amides is 1. The van der Waals surface area contributed by atoms with Crippen molar-refractivity contribution in [1.29, 1.82) is 0 Å². The molecule has 0 bridgehead atoms. The predicted molar refractivity (Wildman–Crippen MR) is 81.9 cm³/mol. The largest absolute Gasteiger partial charge is 0.385 e. The summed E-state index contributed by atoms with van der Waals surface area (Å²) in [7, 11) is 1.69. The van der Waals surface area contributed by atoms with Crippen molar-refractivity contribution in [3.05, 3.63) is 18.3 Å². The van der Waals surface area contributed by atoms with Crippen LogP contribution in [0.3, 0.4) is 0 Å². The van der Waals surface area contributed by atoms with E-state index in [4.69, 9.17) is 4.74 Å². The van der Waals surface area contributed by atoms with Gasteiger partial charge < -0.3 is 15.4 Å². The van der Waals surface area contributed by atoms with Crippen LogP contribution in [0.4, 0.5) is 11.5 Å². The van der Waals surface area contributed by atoms with Gasteiger partial charge in [-0.05, 0) is 31.4 Å². The Morgan fingerprint density at radius 2 is 2.10 bits per heavy atom. The zero-order chi connectivity index (χ0) is 14.8. The molecular weight excluding hydrogens is 254 g/mol. The molecule has 2 N–H and O–H groups in total. The first-order chi connectivity index (χ1) is 9.71. The van der Waals surface area contributed by atoms with E-state index in [0.717, 1.165) is 38.1 Å². The molecule has 5 heteroatoms. The number of nitrogens with zero attached hydrogens (tertiary/aromatic N) is 1. The number of pyridine rings is 1. The van der Waals surface area contributed by atoms with Crippen LogP contribution < -0.4 is 10.6 Å². The zero-order valence-corrected chi connectivity index (χ0v) is 12.6. The van der Waals surface area contributed by atoms with Crippen LogP contribution in [0.15, 0.2) is 18.3 Å². The second-order valence-corrected chi connectivity index (χ2v) is 4.71. The molecule has 0 fully saturated rings. The summed E-state index contributed by atoms with van der Waals surface area (Å²) in [5, 5.41) is 6.10. The van der Waals surface area contributed by atoms with E-state index >= 15 is 0 Å². The van der Waals surface area contributed by atoms with Gasteiger partial charge in [0, 0.05) is 26.2 Å². The lowest BCUT2D eigenvalue weighted by molar-refractivity contribution is -0.120. The van der Waals surface area contributed by atoms with Gasteiger partial charge in [-0.1, -0.05) is 13.8 Å². The van der Waals surface area contributed by atoms with E-state index in [0.29, 0.717) is 5.82 Å². The number of rotatable bonds is 9. The van der Waals surface area contributed by atoms with Crippen molar-refractivity contribution >= 4 is 17.4 Å². The van der Waals surface area contributed by atoms with Crippen LogP contribution in [-0.2, 0) is 9.53 Å². The molecule has 1 amide bonds. The molecule has 1 heterocycles. The average molecular weight is 279 g/mol. The van der Waals surface area contributed by atoms with Crippen LogP contribution in [-0.4, -0.2) is 31.2 Å². The maximum Gasteiger partial charge on any atom is 0.228 e. The summed E-state index contributed by atoms with van der Waals surface area (Å²) in [5.41, 5.74) is 0.946. The van der Waals surface area contributed by atoms with E-state index in [1.807, 2.05) is 26.0 Å². The second-order valence-electron chi connectivity index (χ2n) is 4.71. The quantitative estimate of drug-likeness (QED) is 0.682. The van der Waals surface area contributed by atoms with E-state index in [1.54, 1.807) is 13.3 Å². The molecule has 0 spiro atoms. The Kier molecular flexibility index (Phi) is 7.65. The monoisotopic (exact) mass is 279 g/mol. The first kappa shape index (κ1) is 16.4. The van der Waals surface area contributed by atoms with Crippen LogP contribution in [0.5, 0.6) is 0 Å². The van der Waals surface area contributed by atoms with E-state index in [1.165, 1.54) is 0 Å². The molecule has 0 saturated carbocycles. The molecule has 0 atom stereocenters. The third kappa shape index (κ3) is 5.57. The average Bonchev–Trinajstić information content (AvgIpc) is 2.46. The minimum absolute atomic E-state index is 0.0447. The predicted octanol–water partition coefficient (Wildman–Crippen LogP) is 2.90. The highest BCUT2D eigenvalue weighted by Gasteiger charge is 2.14. The molecule has 0 aliphatic rings. The summed E-state index contributed by atoms with van der Waals surface area (Å²) in [6.45, 7) is 5.63. The Hall–Kier alpha value is -1.62. The van der Waals surface area contributed by atoms with Crippen molar-refractivity contribution in [2.24, 2.45) is 5.92 Å². The number of carbonyl (C=O) groups excluding carboxylic acids is 1. The van der Waals surface area contributed by atoms with Crippen molar-refractivity contribution < 1.29 is 9.53 Å². The van der Waals surface area contributed by atoms with E-state index < -0.39 is 0 Å². The molecule has 0 radical (unpaired) electrons. The number of methoxy groups -OCH3 is 1. The molecule has 112 valence electrons. The van der Waals surface area contributed by atoms with Crippen molar-refractivity contribution in [3.8, 4) is 0 Å². The van der Waals surface area contributed by atoms with Gasteiger partial charge in [0.2, 0.25) is 5.91 Å². The fourth-order valence-corrected chi connectivity index (χ4v) is 1.91. The number of nitrogens with one attached hydrogen (secondary N) is 2. The molecule has 0 unspecified atom stereocenters. The fraction of sp³-hybridized carbons (Fsp3) is 0.600. The van der Waals surface area contributed by atoms with Gasteiger partial charge in [0.25, 0.3) is 0 Å². The summed E-state index contributed by atoms with van der Waals surface area (Å²) in [6, 6.07) is 3.74. The van der Waals surface area contributed by atoms with Gasteiger partial charge in [0.1, 0.15) is 5.82 Å². The van der Waals surface area contributed by atoms with Crippen LogP contribution in [0.2, 0.25) is 0 Å². The van der Waals surface area contributed by atoms with Crippen molar-refractivity contribution in [2.45, 2.75) is 33.1 Å². The van der Waals surface area contributed by atoms with Crippen LogP contribution >= 0.6 is 0 Å². The van der Waals surface area contributed by atoms with Gasteiger partial charge in [-0.25, -0.2) is 4.98 Å². The van der Waals surface area contributed by atoms with Crippen molar-refractivity contribution in [1.82, 2.24) is 4.98 Å². The maximum absolute atomic E-state index is 11.9. The van der Waals surface area contributed by atoms with Crippen LogP contribution in [0, 0.1) is 5.92 Å². The van der Waals surface area contributed by atoms with Gasteiger partial charge >= 0.3 is 0 Å². The normalized spacial score (nSPS) is 10.6. The van der Waals surface area contributed by atoms with E-state index in [-0.39, 0.29) is 11.8 Å². The summed E-state index contributed by atoms with van der Waals surface area (Å²) in [6.07, 6.45) is 4.38. The fourth-order valence-electron chi connectivity index (χ4n) is 1.91. The Labute approximate surface area is 121 Å². The molecular formula is C15H25N3O2. The zero-order valence-electron chi connectivity index (χ0n) is 12.6. The summed E-state index contributed by atoms with van der Waals surface area (Å²) >= 11 is 0. The highest BCUT2D eigenvalue weighted by molar-refractivity contribution is 5.91. The van der Waals surface area contributed by atoms with Gasteiger partial charge in [-0.15, -0.1) is 0 Å². The lowest BCUT2D eigenvalue weighted by atomic mass is 10.0. The number of carbonyl (C=O) groups is 1. The topological polar surface area (TPSA) is 63.2 Å².